The van der Waals surface area contributed by atoms with Crippen LogP contribution in [-0.2, 0) is 0 Å². The van der Waals surface area contributed by atoms with Crippen LogP contribution in [0.4, 0.5) is 10.9 Å². The summed E-state index contributed by atoms with van der Waals surface area (Å²) in [6, 6.07) is 0.580. The molecule has 5 nitrogen and oxygen atoms in total. The highest BCUT2D eigenvalue weighted by molar-refractivity contribution is 7.18. The third-order valence-corrected chi connectivity index (χ3v) is 5.76. The highest BCUT2D eigenvalue weighted by atomic mass is 32.1. The number of anilines is 2. The van der Waals surface area contributed by atoms with E-state index in [1.54, 1.807) is 0 Å². The van der Waals surface area contributed by atoms with Crippen molar-refractivity contribution in [1.29, 1.82) is 0 Å². The maximum Gasteiger partial charge on any atom is 0.268 e. The molecule has 21 heavy (non-hydrogen) atoms. The minimum atomic E-state index is 0.0650. The first-order valence-corrected chi connectivity index (χ1v) is 8.73. The SMILES string of the molecule is CC1CCCC(C)N1C(=O)c1sc(N2CCCC2)nc1N. The largest absolute Gasteiger partial charge is 0.382 e. The van der Waals surface area contributed by atoms with Gasteiger partial charge in [0.2, 0.25) is 0 Å². The van der Waals surface area contributed by atoms with Crippen LogP contribution in [0.25, 0.3) is 0 Å². The van der Waals surface area contributed by atoms with Crippen LogP contribution in [0.15, 0.2) is 0 Å². The molecule has 1 aromatic rings. The van der Waals surface area contributed by atoms with Crippen molar-refractivity contribution in [3.8, 4) is 0 Å². The fraction of sp³-hybridized carbons (Fsp3) is 0.733. The van der Waals surface area contributed by atoms with Crippen LogP contribution < -0.4 is 10.6 Å². The molecule has 0 spiro atoms. The molecule has 0 aliphatic carbocycles. The fourth-order valence-electron chi connectivity index (χ4n) is 3.46. The van der Waals surface area contributed by atoms with Gasteiger partial charge < -0.3 is 15.5 Å². The van der Waals surface area contributed by atoms with Gasteiger partial charge in [-0.05, 0) is 46.0 Å². The van der Waals surface area contributed by atoms with Gasteiger partial charge in [-0.25, -0.2) is 4.98 Å². The van der Waals surface area contributed by atoms with Crippen molar-refractivity contribution in [2.24, 2.45) is 0 Å². The molecule has 2 aliphatic rings. The molecule has 1 amide bonds. The zero-order valence-electron chi connectivity index (χ0n) is 12.8. The molecule has 3 rings (SSSR count). The quantitative estimate of drug-likeness (QED) is 0.912. The maximum atomic E-state index is 12.9. The normalized spacial score (nSPS) is 26.4. The number of nitrogens with two attached hydrogens (primary N) is 1. The van der Waals surface area contributed by atoms with E-state index in [0.717, 1.165) is 31.1 Å². The van der Waals surface area contributed by atoms with Gasteiger partial charge in [-0.3, -0.25) is 4.79 Å². The van der Waals surface area contributed by atoms with Crippen LogP contribution in [-0.4, -0.2) is 41.0 Å². The van der Waals surface area contributed by atoms with Crippen LogP contribution >= 0.6 is 11.3 Å². The topological polar surface area (TPSA) is 62.5 Å². The molecule has 0 saturated carbocycles. The summed E-state index contributed by atoms with van der Waals surface area (Å²) in [5, 5.41) is 0.908. The minimum absolute atomic E-state index is 0.0650. The first kappa shape index (κ1) is 14.6. The highest BCUT2D eigenvalue weighted by Crippen LogP contribution is 2.33. The predicted molar refractivity (Wildman–Crippen MR) is 86.9 cm³/mol. The van der Waals surface area contributed by atoms with Crippen molar-refractivity contribution in [3.05, 3.63) is 4.88 Å². The second-order valence-electron chi connectivity index (χ2n) is 6.25. The van der Waals surface area contributed by atoms with Gasteiger partial charge in [0.25, 0.3) is 5.91 Å². The Morgan fingerprint density at radius 2 is 1.81 bits per heavy atom. The molecule has 1 aromatic heterocycles. The van der Waals surface area contributed by atoms with E-state index in [4.69, 9.17) is 5.73 Å². The molecule has 2 aliphatic heterocycles. The molecule has 2 fully saturated rings. The van der Waals surface area contributed by atoms with Gasteiger partial charge in [-0.1, -0.05) is 11.3 Å². The number of rotatable bonds is 2. The third kappa shape index (κ3) is 2.73. The standard InChI is InChI=1S/C15H24N4OS/c1-10-6-5-7-11(2)19(10)14(20)12-13(16)17-15(21-12)18-8-3-4-9-18/h10-11H,3-9,16H2,1-2H3. The van der Waals surface area contributed by atoms with Gasteiger partial charge >= 0.3 is 0 Å². The molecule has 0 bridgehead atoms. The highest BCUT2D eigenvalue weighted by Gasteiger charge is 2.32. The lowest BCUT2D eigenvalue weighted by molar-refractivity contribution is 0.0516. The lowest BCUT2D eigenvalue weighted by atomic mass is 9.97. The number of aromatic nitrogens is 1. The van der Waals surface area contributed by atoms with Crippen molar-refractivity contribution in [3.63, 3.8) is 0 Å². The minimum Gasteiger partial charge on any atom is -0.382 e. The maximum absolute atomic E-state index is 12.9. The Labute approximate surface area is 130 Å². The van der Waals surface area contributed by atoms with Crippen molar-refractivity contribution in [2.75, 3.05) is 23.7 Å². The summed E-state index contributed by atoms with van der Waals surface area (Å²) in [4.78, 5) is 22.2. The summed E-state index contributed by atoms with van der Waals surface area (Å²) < 4.78 is 0. The van der Waals surface area contributed by atoms with Crippen molar-refractivity contribution in [1.82, 2.24) is 9.88 Å². The van der Waals surface area contributed by atoms with Crippen LogP contribution in [0, 0.1) is 0 Å². The summed E-state index contributed by atoms with van der Waals surface area (Å²) in [7, 11) is 0. The predicted octanol–water partition coefficient (Wildman–Crippen LogP) is 2.73. The number of piperidine rings is 1. The Bertz CT molecular complexity index is 514. The van der Waals surface area contributed by atoms with Gasteiger partial charge in [-0.15, -0.1) is 0 Å². The lowest BCUT2D eigenvalue weighted by Gasteiger charge is -2.38. The summed E-state index contributed by atoms with van der Waals surface area (Å²) in [5.41, 5.74) is 6.03. The molecule has 0 radical (unpaired) electrons. The molecule has 3 heterocycles. The van der Waals surface area contributed by atoms with E-state index in [2.05, 4.69) is 23.7 Å². The van der Waals surface area contributed by atoms with E-state index in [-0.39, 0.29) is 18.0 Å². The Morgan fingerprint density at radius 3 is 2.43 bits per heavy atom. The van der Waals surface area contributed by atoms with Crippen LogP contribution in [0.3, 0.4) is 0 Å². The van der Waals surface area contributed by atoms with Crippen LogP contribution in [0.1, 0.15) is 55.6 Å². The number of nitrogens with zero attached hydrogens (tertiary/aromatic N) is 3. The van der Waals surface area contributed by atoms with Gasteiger partial charge in [0.05, 0.1) is 0 Å². The number of amides is 1. The first-order chi connectivity index (χ1) is 10.1. The van der Waals surface area contributed by atoms with E-state index < -0.39 is 0 Å². The zero-order chi connectivity index (χ0) is 15.0. The average molecular weight is 308 g/mol. The third-order valence-electron chi connectivity index (χ3n) is 4.64. The molecule has 2 atom stereocenters. The number of likely N-dealkylation sites (tertiary alicyclic amines) is 1. The summed E-state index contributed by atoms with van der Waals surface area (Å²) in [6.07, 6.45) is 5.75. The Morgan fingerprint density at radius 1 is 1.19 bits per heavy atom. The van der Waals surface area contributed by atoms with Crippen molar-refractivity contribution >= 4 is 28.2 Å². The second kappa shape index (κ2) is 5.83. The summed E-state index contributed by atoms with van der Waals surface area (Å²) in [6.45, 7) is 6.31. The average Bonchev–Trinajstić information content (AvgIpc) is 3.07. The molecule has 2 unspecified atom stereocenters. The van der Waals surface area contributed by atoms with Gasteiger partial charge in [0.1, 0.15) is 10.7 Å². The summed E-state index contributed by atoms with van der Waals surface area (Å²) >= 11 is 1.46. The second-order valence-corrected chi connectivity index (χ2v) is 7.22. The fourth-order valence-corrected chi connectivity index (χ4v) is 4.44. The molecular formula is C15H24N4OS. The van der Waals surface area contributed by atoms with Gasteiger partial charge in [0, 0.05) is 25.2 Å². The molecule has 2 N–H and O–H groups in total. The number of hydrogen-bond donors (Lipinski definition) is 1. The monoisotopic (exact) mass is 308 g/mol. The lowest BCUT2D eigenvalue weighted by Crippen LogP contribution is -2.47. The summed E-state index contributed by atoms with van der Waals surface area (Å²) in [5.74, 6) is 0.465. The van der Waals surface area contributed by atoms with E-state index in [0.29, 0.717) is 10.7 Å². The Hall–Kier alpha value is -1.30. The van der Waals surface area contributed by atoms with Crippen molar-refractivity contribution in [2.45, 2.75) is 58.0 Å². The number of carbonyl (C=O) groups is 1. The molecule has 116 valence electrons. The first-order valence-electron chi connectivity index (χ1n) is 7.92. The number of thiazole rings is 1. The zero-order valence-corrected chi connectivity index (χ0v) is 13.7. The van der Waals surface area contributed by atoms with E-state index in [1.807, 2.05) is 4.90 Å². The van der Waals surface area contributed by atoms with Gasteiger partial charge in [-0.2, -0.15) is 0 Å². The van der Waals surface area contributed by atoms with Crippen LogP contribution in [0.2, 0.25) is 0 Å². The van der Waals surface area contributed by atoms with E-state index in [9.17, 15) is 4.79 Å². The number of nitrogen functional groups attached to an aromatic ring is 1. The van der Waals surface area contributed by atoms with Crippen molar-refractivity contribution < 1.29 is 4.79 Å². The number of carbonyl (C=O) groups excluding carboxylic acids is 1. The van der Waals surface area contributed by atoms with E-state index >= 15 is 0 Å². The molecular weight excluding hydrogens is 284 g/mol. The Balaban J connectivity index is 1.83. The number of hydrogen-bond acceptors (Lipinski definition) is 5. The molecule has 0 aromatic carbocycles. The molecule has 2 saturated heterocycles. The smallest absolute Gasteiger partial charge is 0.268 e. The van der Waals surface area contributed by atoms with E-state index in [1.165, 1.54) is 30.6 Å². The molecule has 6 heteroatoms. The van der Waals surface area contributed by atoms with Gasteiger partial charge in [0.15, 0.2) is 5.13 Å². The van der Waals surface area contributed by atoms with Crippen LogP contribution in [0.5, 0.6) is 0 Å². The Kier molecular flexibility index (Phi) is 4.06.